The Hall–Kier alpha value is -2.43. The van der Waals surface area contributed by atoms with Gasteiger partial charge in [0.05, 0.1) is 12.1 Å². The van der Waals surface area contributed by atoms with Crippen molar-refractivity contribution in [3.05, 3.63) is 53.9 Å². The van der Waals surface area contributed by atoms with E-state index < -0.39 is 0 Å². The molecule has 1 aromatic rings. The van der Waals surface area contributed by atoms with Crippen molar-refractivity contribution in [2.24, 2.45) is 0 Å². The van der Waals surface area contributed by atoms with Crippen LogP contribution < -0.4 is 0 Å². The van der Waals surface area contributed by atoms with Gasteiger partial charge in [-0.25, -0.2) is 0 Å². The van der Waals surface area contributed by atoms with Crippen LogP contribution in [0.2, 0.25) is 0 Å². The van der Waals surface area contributed by atoms with Gasteiger partial charge < -0.3 is 9.80 Å². The van der Waals surface area contributed by atoms with Crippen molar-refractivity contribution in [3.8, 4) is 0 Å². The Morgan fingerprint density at radius 3 is 1.70 bits per heavy atom. The van der Waals surface area contributed by atoms with Crippen molar-refractivity contribution in [1.82, 2.24) is 14.8 Å². The average molecular weight is 269 g/mol. The van der Waals surface area contributed by atoms with Gasteiger partial charge in [-0.1, -0.05) is 12.2 Å². The largest absolute Gasteiger partial charge is 0.332 e. The first-order valence-electron chi connectivity index (χ1n) is 6.43. The number of likely N-dealkylation sites (N-methyl/N-ethyl adjacent to an activating group) is 2. The number of aromatic nitrogens is 1. The van der Waals surface area contributed by atoms with Crippen molar-refractivity contribution in [2.75, 3.05) is 14.1 Å². The molecule has 5 nitrogen and oxygen atoms in total. The van der Waals surface area contributed by atoms with Gasteiger partial charge in [-0.3, -0.25) is 14.6 Å². The molecular weight excluding hydrogens is 254 g/mol. The van der Waals surface area contributed by atoms with E-state index >= 15 is 0 Å². The molecule has 2 unspecified atom stereocenters. The van der Waals surface area contributed by atoms with Crippen LogP contribution in [0.15, 0.2) is 42.8 Å². The van der Waals surface area contributed by atoms with E-state index in [1.807, 2.05) is 18.2 Å². The monoisotopic (exact) mass is 269 g/mol. The Morgan fingerprint density at radius 1 is 0.900 bits per heavy atom. The normalized spacial score (nSPS) is 25.1. The van der Waals surface area contributed by atoms with Gasteiger partial charge in [0.2, 0.25) is 11.8 Å². The zero-order valence-electron chi connectivity index (χ0n) is 11.4. The lowest BCUT2D eigenvalue weighted by molar-refractivity contribution is -0.125. The molecule has 1 aromatic heterocycles. The van der Waals surface area contributed by atoms with Crippen LogP contribution >= 0.6 is 0 Å². The van der Waals surface area contributed by atoms with Crippen LogP contribution in [0.5, 0.6) is 0 Å². The smallest absolute Gasteiger partial charge is 0.246 e. The highest BCUT2D eigenvalue weighted by molar-refractivity contribution is 5.91. The summed E-state index contributed by atoms with van der Waals surface area (Å²) in [5, 5.41) is 0. The Balaban J connectivity index is 1.91. The predicted molar refractivity (Wildman–Crippen MR) is 73.5 cm³/mol. The molecule has 0 aromatic carbocycles. The Morgan fingerprint density at radius 2 is 1.35 bits per heavy atom. The third-order valence-electron chi connectivity index (χ3n) is 3.84. The van der Waals surface area contributed by atoms with Crippen molar-refractivity contribution in [3.63, 3.8) is 0 Å². The van der Waals surface area contributed by atoms with E-state index in [-0.39, 0.29) is 23.9 Å². The standard InChI is InChI=1S/C15H15N3O2/c1-17-12(3-5-14(17)19)10-7-11(9-16-8-10)13-4-6-15(20)18(13)2/h3-9,12-13H,1-2H3. The molecule has 2 aliphatic rings. The van der Waals surface area contributed by atoms with Gasteiger partial charge in [0.1, 0.15) is 0 Å². The number of carbonyl (C=O) groups excluding carboxylic acids is 2. The number of pyridine rings is 1. The lowest BCUT2D eigenvalue weighted by Gasteiger charge is -2.23. The van der Waals surface area contributed by atoms with Crippen LogP contribution in [-0.4, -0.2) is 40.7 Å². The minimum absolute atomic E-state index is 0.00605. The Labute approximate surface area is 117 Å². The van der Waals surface area contributed by atoms with E-state index in [1.54, 1.807) is 48.4 Å². The number of nitrogens with zero attached hydrogens (tertiary/aromatic N) is 3. The molecule has 0 bridgehead atoms. The van der Waals surface area contributed by atoms with Gasteiger partial charge in [0.15, 0.2) is 0 Å². The SMILES string of the molecule is CN1C(=O)C=CC1c1cncc(C2C=CC(=O)N2C)c1. The number of rotatable bonds is 2. The predicted octanol–water partition coefficient (Wildman–Crippen LogP) is 1.22. The molecule has 0 saturated carbocycles. The van der Waals surface area contributed by atoms with Gasteiger partial charge >= 0.3 is 0 Å². The van der Waals surface area contributed by atoms with Gasteiger partial charge in [-0.05, 0) is 17.2 Å². The molecule has 2 aliphatic heterocycles. The summed E-state index contributed by atoms with van der Waals surface area (Å²) in [4.78, 5) is 30.7. The fraction of sp³-hybridized carbons (Fsp3) is 0.267. The highest BCUT2D eigenvalue weighted by Gasteiger charge is 2.27. The lowest BCUT2D eigenvalue weighted by atomic mass is 10.0. The summed E-state index contributed by atoms with van der Waals surface area (Å²) < 4.78 is 0. The van der Waals surface area contributed by atoms with E-state index in [0.29, 0.717) is 0 Å². The molecule has 2 atom stereocenters. The topological polar surface area (TPSA) is 53.5 Å². The Bertz CT molecular complexity index is 585. The Kier molecular flexibility index (Phi) is 2.89. The summed E-state index contributed by atoms with van der Waals surface area (Å²) in [5.74, 6) is -0.0121. The molecule has 0 saturated heterocycles. The molecule has 2 amide bonds. The molecule has 0 radical (unpaired) electrons. The molecule has 0 spiro atoms. The van der Waals surface area contributed by atoms with Crippen molar-refractivity contribution in [2.45, 2.75) is 12.1 Å². The van der Waals surface area contributed by atoms with Gasteiger partial charge in [-0.15, -0.1) is 0 Å². The molecule has 3 heterocycles. The zero-order valence-corrected chi connectivity index (χ0v) is 11.4. The summed E-state index contributed by atoms with van der Waals surface area (Å²) in [6.07, 6.45) is 10.4. The van der Waals surface area contributed by atoms with Crippen LogP contribution in [0, 0.1) is 0 Å². The number of amides is 2. The van der Waals surface area contributed by atoms with Gasteiger partial charge in [-0.2, -0.15) is 0 Å². The van der Waals surface area contributed by atoms with Crippen LogP contribution in [-0.2, 0) is 9.59 Å². The lowest BCUT2D eigenvalue weighted by Crippen LogP contribution is -2.25. The number of carbonyl (C=O) groups is 2. The highest BCUT2D eigenvalue weighted by Crippen LogP contribution is 2.30. The average Bonchev–Trinajstić information content (AvgIpc) is 2.95. The van der Waals surface area contributed by atoms with Crippen LogP contribution in [0.25, 0.3) is 0 Å². The molecule has 0 N–H and O–H groups in total. The number of hydrogen-bond donors (Lipinski definition) is 0. The number of hydrogen-bond acceptors (Lipinski definition) is 3. The van der Waals surface area contributed by atoms with Crippen molar-refractivity contribution < 1.29 is 9.59 Å². The van der Waals surface area contributed by atoms with Crippen LogP contribution in [0.4, 0.5) is 0 Å². The molecule has 102 valence electrons. The van der Waals surface area contributed by atoms with Crippen LogP contribution in [0.3, 0.4) is 0 Å². The molecule has 5 heteroatoms. The summed E-state index contributed by atoms with van der Waals surface area (Å²) in [6.45, 7) is 0. The van der Waals surface area contributed by atoms with E-state index in [2.05, 4.69) is 4.98 Å². The van der Waals surface area contributed by atoms with Gasteiger partial charge in [0.25, 0.3) is 0 Å². The van der Waals surface area contributed by atoms with E-state index in [4.69, 9.17) is 0 Å². The first kappa shape index (κ1) is 12.6. The second-order valence-electron chi connectivity index (χ2n) is 5.06. The van der Waals surface area contributed by atoms with Gasteiger partial charge in [0, 0.05) is 38.6 Å². The zero-order chi connectivity index (χ0) is 14.3. The third-order valence-corrected chi connectivity index (χ3v) is 3.84. The second kappa shape index (κ2) is 4.59. The molecule has 0 fully saturated rings. The summed E-state index contributed by atoms with van der Waals surface area (Å²) in [5.41, 5.74) is 1.90. The maximum Gasteiger partial charge on any atom is 0.246 e. The second-order valence-corrected chi connectivity index (χ2v) is 5.06. The maximum atomic E-state index is 11.5. The maximum absolute atomic E-state index is 11.5. The summed E-state index contributed by atoms with van der Waals surface area (Å²) in [6, 6.07) is 1.84. The van der Waals surface area contributed by atoms with Crippen molar-refractivity contribution >= 4 is 11.8 Å². The highest BCUT2D eigenvalue weighted by atomic mass is 16.2. The quantitative estimate of drug-likeness (QED) is 0.811. The minimum atomic E-state index is -0.0821. The third kappa shape index (κ3) is 1.91. The summed E-state index contributed by atoms with van der Waals surface area (Å²) >= 11 is 0. The summed E-state index contributed by atoms with van der Waals surface area (Å²) in [7, 11) is 3.54. The first-order valence-corrected chi connectivity index (χ1v) is 6.43. The molecular formula is C15H15N3O2. The molecule has 3 rings (SSSR count). The van der Waals surface area contributed by atoms with E-state index in [0.717, 1.165) is 11.1 Å². The minimum Gasteiger partial charge on any atom is -0.332 e. The van der Waals surface area contributed by atoms with Crippen molar-refractivity contribution in [1.29, 1.82) is 0 Å². The molecule has 0 aliphatic carbocycles. The first-order chi connectivity index (χ1) is 9.58. The fourth-order valence-electron chi connectivity index (χ4n) is 2.58. The van der Waals surface area contributed by atoms with E-state index in [9.17, 15) is 9.59 Å². The van der Waals surface area contributed by atoms with E-state index in [1.165, 1.54) is 0 Å². The van der Waals surface area contributed by atoms with Crippen LogP contribution in [0.1, 0.15) is 23.2 Å². The molecule has 20 heavy (non-hydrogen) atoms. The fourth-order valence-corrected chi connectivity index (χ4v) is 2.58.